The van der Waals surface area contributed by atoms with Crippen LogP contribution in [0.2, 0.25) is 0 Å². The molecule has 0 heterocycles. The van der Waals surface area contributed by atoms with Gasteiger partial charge in [-0.2, -0.15) is 8.78 Å². The highest BCUT2D eigenvalue weighted by Gasteiger charge is 2.19. The predicted octanol–water partition coefficient (Wildman–Crippen LogP) is 4.12. The van der Waals surface area contributed by atoms with Gasteiger partial charge in [-0.3, -0.25) is 4.79 Å². The first-order chi connectivity index (χ1) is 13.0. The third-order valence-electron chi connectivity index (χ3n) is 4.09. The number of methoxy groups -OCH3 is 2. The monoisotopic (exact) mass is 379 g/mol. The van der Waals surface area contributed by atoms with E-state index < -0.39 is 12.7 Å². The first-order valence-corrected chi connectivity index (χ1v) is 8.52. The van der Waals surface area contributed by atoms with Crippen LogP contribution in [0.1, 0.15) is 30.5 Å². The van der Waals surface area contributed by atoms with Crippen LogP contribution in [0.3, 0.4) is 0 Å². The van der Waals surface area contributed by atoms with E-state index in [0.29, 0.717) is 29.0 Å². The van der Waals surface area contributed by atoms with Gasteiger partial charge in [0.25, 0.3) is 0 Å². The van der Waals surface area contributed by atoms with Crippen molar-refractivity contribution in [1.29, 1.82) is 0 Å². The largest absolute Gasteiger partial charge is 0.497 e. The number of rotatable bonds is 9. The SMILES string of the molecule is CCC(NC(=O)Cc1cc(OC)ccc1OC)c1ccccc1OC(F)F. The van der Waals surface area contributed by atoms with Crippen LogP contribution in [0.25, 0.3) is 0 Å². The summed E-state index contributed by atoms with van der Waals surface area (Å²) in [6.07, 6.45) is 0.583. The third kappa shape index (κ3) is 5.57. The fourth-order valence-corrected chi connectivity index (χ4v) is 2.81. The van der Waals surface area contributed by atoms with E-state index in [1.54, 1.807) is 43.5 Å². The lowest BCUT2D eigenvalue weighted by molar-refractivity contribution is -0.121. The number of carbonyl (C=O) groups excluding carboxylic acids is 1. The van der Waals surface area contributed by atoms with E-state index in [0.717, 1.165) is 0 Å². The number of hydrogen-bond donors (Lipinski definition) is 1. The number of amides is 1. The molecule has 7 heteroatoms. The van der Waals surface area contributed by atoms with Crippen LogP contribution in [0, 0.1) is 0 Å². The Morgan fingerprint density at radius 1 is 1.07 bits per heavy atom. The molecule has 2 rings (SSSR count). The molecule has 0 aromatic heterocycles. The molecule has 0 saturated heterocycles. The van der Waals surface area contributed by atoms with E-state index in [2.05, 4.69) is 10.1 Å². The van der Waals surface area contributed by atoms with Gasteiger partial charge in [-0.1, -0.05) is 25.1 Å². The second-order valence-corrected chi connectivity index (χ2v) is 5.80. The molecule has 0 aliphatic heterocycles. The Hall–Kier alpha value is -2.83. The molecule has 1 unspecified atom stereocenters. The molecule has 2 aromatic carbocycles. The minimum absolute atomic E-state index is 0.0543. The summed E-state index contributed by atoms with van der Waals surface area (Å²) in [5.41, 5.74) is 1.17. The number of carbonyl (C=O) groups is 1. The van der Waals surface area contributed by atoms with Crippen molar-refractivity contribution in [1.82, 2.24) is 5.32 Å². The average Bonchev–Trinajstić information content (AvgIpc) is 2.66. The molecule has 0 radical (unpaired) electrons. The van der Waals surface area contributed by atoms with E-state index >= 15 is 0 Å². The van der Waals surface area contributed by atoms with E-state index in [1.165, 1.54) is 13.2 Å². The minimum Gasteiger partial charge on any atom is -0.497 e. The minimum atomic E-state index is -2.93. The quantitative estimate of drug-likeness (QED) is 0.712. The van der Waals surface area contributed by atoms with Crippen LogP contribution in [0.5, 0.6) is 17.2 Å². The summed E-state index contributed by atoms with van der Waals surface area (Å²) in [7, 11) is 3.06. The van der Waals surface area contributed by atoms with Crippen molar-refractivity contribution in [3.63, 3.8) is 0 Å². The molecule has 0 aliphatic carbocycles. The average molecular weight is 379 g/mol. The maximum atomic E-state index is 12.6. The Morgan fingerprint density at radius 3 is 2.44 bits per heavy atom. The molecule has 1 amide bonds. The highest BCUT2D eigenvalue weighted by molar-refractivity contribution is 5.80. The molecule has 5 nitrogen and oxygen atoms in total. The number of nitrogens with one attached hydrogen (secondary N) is 1. The molecule has 27 heavy (non-hydrogen) atoms. The van der Waals surface area contributed by atoms with Gasteiger partial charge in [0.1, 0.15) is 17.2 Å². The summed E-state index contributed by atoms with van der Waals surface area (Å²) < 4.78 is 40.3. The van der Waals surface area contributed by atoms with E-state index in [9.17, 15) is 13.6 Å². The van der Waals surface area contributed by atoms with Gasteiger partial charge < -0.3 is 19.5 Å². The highest BCUT2D eigenvalue weighted by atomic mass is 19.3. The van der Waals surface area contributed by atoms with E-state index in [4.69, 9.17) is 9.47 Å². The maximum Gasteiger partial charge on any atom is 0.387 e. The van der Waals surface area contributed by atoms with Gasteiger partial charge in [0, 0.05) is 11.1 Å². The summed E-state index contributed by atoms with van der Waals surface area (Å²) in [5, 5.41) is 2.87. The van der Waals surface area contributed by atoms with Gasteiger partial charge in [0.05, 0.1) is 26.7 Å². The number of halogens is 2. The van der Waals surface area contributed by atoms with E-state index in [1.807, 2.05) is 6.92 Å². The molecule has 146 valence electrons. The fourth-order valence-electron chi connectivity index (χ4n) is 2.81. The lowest BCUT2D eigenvalue weighted by Gasteiger charge is -2.21. The Balaban J connectivity index is 2.17. The lowest BCUT2D eigenvalue weighted by Crippen LogP contribution is -2.30. The molecule has 0 bridgehead atoms. The molecule has 1 atom stereocenters. The second-order valence-electron chi connectivity index (χ2n) is 5.80. The van der Waals surface area contributed by atoms with Crippen molar-refractivity contribution in [2.75, 3.05) is 14.2 Å². The molecular weight excluding hydrogens is 356 g/mol. The van der Waals surface area contributed by atoms with Gasteiger partial charge in [0.15, 0.2) is 0 Å². The van der Waals surface area contributed by atoms with Crippen LogP contribution in [-0.4, -0.2) is 26.7 Å². The van der Waals surface area contributed by atoms with E-state index in [-0.39, 0.29) is 18.1 Å². The Bertz CT molecular complexity index is 767. The Morgan fingerprint density at radius 2 is 1.81 bits per heavy atom. The topological polar surface area (TPSA) is 56.8 Å². The number of ether oxygens (including phenoxy) is 3. The molecule has 0 saturated carbocycles. The molecule has 0 spiro atoms. The van der Waals surface area contributed by atoms with Crippen LogP contribution >= 0.6 is 0 Å². The summed E-state index contributed by atoms with van der Waals surface area (Å²) in [5.74, 6) is 0.973. The molecule has 2 aromatic rings. The van der Waals surface area contributed by atoms with Gasteiger partial charge >= 0.3 is 6.61 Å². The second kappa shape index (κ2) is 9.75. The number of para-hydroxylation sites is 1. The Kier molecular flexibility index (Phi) is 7.40. The standard InChI is InChI=1S/C20H23F2NO4/c1-4-16(15-7-5-6-8-18(15)27-20(21)22)23-19(24)12-13-11-14(25-2)9-10-17(13)26-3/h5-11,16,20H,4,12H2,1-3H3,(H,23,24). The van der Waals surface area contributed by atoms with Crippen LogP contribution in [0.4, 0.5) is 8.78 Å². The van der Waals surface area contributed by atoms with Gasteiger partial charge in [-0.25, -0.2) is 0 Å². The van der Waals surface area contributed by atoms with Crippen molar-refractivity contribution >= 4 is 5.91 Å². The third-order valence-corrected chi connectivity index (χ3v) is 4.09. The Labute approximate surface area is 157 Å². The van der Waals surface area contributed by atoms with Crippen molar-refractivity contribution < 1.29 is 27.8 Å². The summed E-state index contributed by atoms with van der Waals surface area (Å²) >= 11 is 0. The number of alkyl halides is 2. The molecule has 1 N–H and O–H groups in total. The highest BCUT2D eigenvalue weighted by Crippen LogP contribution is 2.29. The van der Waals surface area contributed by atoms with Crippen LogP contribution < -0.4 is 19.5 Å². The van der Waals surface area contributed by atoms with Gasteiger partial charge in [-0.05, 0) is 30.7 Å². The molecule has 0 aliphatic rings. The summed E-state index contributed by atoms with van der Waals surface area (Å²) in [4.78, 5) is 12.6. The first kappa shape index (κ1) is 20.5. The zero-order valence-corrected chi connectivity index (χ0v) is 15.5. The van der Waals surface area contributed by atoms with Crippen LogP contribution in [-0.2, 0) is 11.2 Å². The first-order valence-electron chi connectivity index (χ1n) is 8.52. The van der Waals surface area contributed by atoms with Crippen molar-refractivity contribution in [2.45, 2.75) is 32.4 Å². The summed E-state index contributed by atoms with van der Waals surface area (Å²) in [6, 6.07) is 11.2. The van der Waals surface area contributed by atoms with Gasteiger partial charge in [-0.15, -0.1) is 0 Å². The zero-order valence-electron chi connectivity index (χ0n) is 15.5. The van der Waals surface area contributed by atoms with Crippen molar-refractivity contribution in [2.24, 2.45) is 0 Å². The van der Waals surface area contributed by atoms with Gasteiger partial charge in [0.2, 0.25) is 5.91 Å². The predicted molar refractivity (Wildman–Crippen MR) is 97.5 cm³/mol. The maximum absolute atomic E-state index is 12.6. The fraction of sp³-hybridized carbons (Fsp3) is 0.350. The zero-order chi connectivity index (χ0) is 19.8. The molecule has 0 fully saturated rings. The normalized spacial score (nSPS) is 11.8. The van der Waals surface area contributed by atoms with Crippen molar-refractivity contribution in [3.8, 4) is 17.2 Å². The van der Waals surface area contributed by atoms with Crippen LogP contribution in [0.15, 0.2) is 42.5 Å². The lowest BCUT2D eigenvalue weighted by atomic mass is 10.0. The number of hydrogen-bond acceptors (Lipinski definition) is 4. The summed E-state index contributed by atoms with van der Waals surface area (Å²) in [6.45, 7) is -1.07. The van der Waals surface area contributed by atoms with Crippen molar-refractivity contribution in [3.05, 3.63) is 53.6 Å². The molecular formula is C20H23F2NO4. The smallest absolute Gasteiger partial charge is 0.387 e. The number of benzene rings is 2.